The van der Waals surface area contributed by atoms with Crippen LogP contribution >= 0.6 is 22.6 Å². The van der Waals surface area contributed by atoms with Crippen LogP contribution in [0, 0.1) is 14.9 Å². The molecule has 0 saturated heterocycles. The molecule has 3 nitrogen and oxygen atoms in total. The number of aromatic nitrogens is 1. The molecule has 0 bridgehead atoms. The maximum absolute atomic E-state index is 9.91. The molecule has 0 aliphatic heterocycles. The van der Waals surface area contributed by atoms with Crippen molar-refractivity contribution in [1.82, 2.24) is 4.98 Å². The SMILES string of the molecule is N#Cc1c(-c2ccccc2)cc(-c2ccccc2)nc1Nc1ccc(I)cc1. The highest BCUT2D eigenvalue weighted by Gasteiger charge is 2.15. The van der Waals surface area contributed by atoms with Crippen LogP contribution in [0.4, 0.5) is 11.5 Å². The van der Waals surface area contributed by atoms with Crippen molar-refractivity contribution in [3.8, 4) is 28.5 Å². The van der Waals surface area contributed by atoms with Crippen LogP contribution in [0.1, 0.15) is 5.56 Å². The second kappa shape index (κ2) is 8.24. The third-order valence-corrected chi connectivity index (χ3v) is 5.11. The minimum absolute atomic E-state index is 0.532. The van der Waals surface area contributed by atoms with Crippen molar-refractivity contribution in [1.29, 1.82) is 5.26 Å². The molecule has 28 heavy (non-hydrogen) atoms. The number of nitriles is 1. The predicted molar refractivity (Wildman–Crippen MR) is 122 cm³/mol. The Labute approximate surface area is 177 Å². The van der Waals surface area contributed by atoms with Gasteiger partial charge in [-0.1, -0.05) is 60.7 Å². The Kier molecular flexibility index (Phi) is 5.36. The fourth-order valence-corrected chi connectivity index (χ4v) is 3.38. The monoisotopic (exact) mass is 473 g/mol. The number of rotatable bonds is 4. The topological polar surface area (TPSA) is 48.7 Å². The number of anilines is 2. The molecule has 0 spiro atoms. The molecule has 0 saturated carbocycles. The average molecular weight is 473 g/mol. The minimum Gasteiger partial charge on any atom is -0.339 e. The van der Waals surface area contributed by atoms with Gasteiger partial charge in [0.1, 0.15) is 17.5 Å². The van der Waals surface area contributed by atoms with Gasteiger partial charge in [0.15, 0.2) is 0 Å². The maximum atomic E-state index is 9.91. The first-order chi connectivity index (χ1) is 13.7. The Morgan fingerprint density at radius 1 is 0.786 bits per heavy atom. The van der Waals surface area contributed by atoms with Crippen molar-refractivity contribution in [2.45, 2.75) is 0 Å². The van der Waals surface area contributed by atoms with Crippen LogP contribution in [0.5, 0.6) is 0 Å². The fourth-order valence-electron chi connectivity index (χ4n) is 3.02. The van der Waals surface area contributed by atoms with E-state index in [1.807, 2.05) is 91.0 Å². The molecule has 0 atom stereocenters. The summed E-state index contributed by atoms with van der Waals surface area (Å²) in [6.07, 6.45) is 0. The highest BCUT2D eigenvalue weighted by Crippen LogP contribution is 2.33. The molecule has 1 heterocycles. The number of hydrogen-bond acceptors (Lipinski definition) is 3. The molecule has 0 unspecified atom stereocenters. The standard InChI is InChI=1S/C24H16IN3/c25-19-11-13-20(14-12-19)27-24-22(16-26)21(17-7-3-1-4-8-17)15-23(28-24)18-9-5-2-6-10-18/h1-15H,(H,27,28). The molecular weight excluding hydrogens is 457 g/mol. The van der Waals surface area contributed by atoms with Crippen LogP contribution in [-0.2, 0) is 0 Å². The van der Waals surface area contributed by atoms with Gasteiger partial charge in [0.25, 0.3) is 0 Å². The minimum atomic E-state index is 0.532. The summed E-state index contributed by atoms with van der Waals surface area (Å²) >= 11 is 2.27. The molecule has 1 aromatic heterocycles. The zero-order valence-electron chi connectivity index (χ0n) is 14.9. The summed E-state index contributed by atoms with van der Waals surface area (Å²) in [7, 11) is 0. The summed E-state index contributed by atoms with van der Waals surface area (Å²) < 4.78 is 1.15. The van der Waals surface area contributed by atoms with Gasteiger partial charge in [-0.05, 0) is 58.5 Å². The van der Waals surface area contributed by atoms with E-state index in [2.05, 4.69) is 34.0 Å². The molecule has 4 rings (SSSR count). The molecular formula is C24H16IN3. The Bertz CT molecular complexity index is 1130. The van der Waals surface area contributed by atoms with E-state index in [1.165, 1.54) is 0 Å². The smallest absolute Gasteiger partial charge is 0.149 e. The lowest BCUT2D eigenvalue weighted by Crippen LogP contribution is -2.01. The third-order valence-electron chi connectivity index (χ3n) is 4.39. The molecule has 0 fully saturated rings. The quantitative estimate of drug-likeness (QED) is 0.338. The van der Waals surface area contributed by atoms with Crippen LogP contribution in [0.3, 0.4) is 0 Å². The summed E-state index contributed by atoms with van der Waals surface area (Å²) in [5.74, 6) is 0.559. The van der Waals surface area contributed by atoms with E-state index in [-0.39, 0.29) is 0 Å². The van der Waals surface area contributed by atoms with Crippen molar-refractivity contribution < 1.29 is 0 Å². The Balaban J connectivity index is 1.90. The number of halogens is 1. The van der Waals surface area contributed by atoms with Gasteiger partial charge >= 0.3 is 0 Å². The van der Waals surface area contributed by atoms with Crippen LogP contribution in [0.25, 0.3) is 22.4 Å². The van der Waals surface area contributed by atoms with Gasteiger partial charge in [-0.2, -0.15) is 5.26 Å². The summed E-state index contributed by atoms with van der Waals surface area (Å²) in [4.78, 5) is 4.78. The Morgan fingerprint density at radius 3 is 2.00 bits per heavy atom. The first-order valence-corrected chi connectivity index (χ1v) is 9.91. The molecule has 1 N–H and O–H groups in total. The van der Waals surface area contributed by atoms with Crippen molar-refractivity contribution in [2.75, 3.05) is 5.32 Å². The van der Waals surface area contributed by atoms with Gasteiger partial charge in [0.05, 0.1) is 5.69 Å². The van der Waals surface area contributed by atoms with Gasteiger partial charge in [0, 0.05) is 20.4 Å². The van der Waals surface area contributed by atoms with E-state index >= 15 is 0 Å². The Hall–Kier alpha value is -3.17. The molecule has 0 radical (unpaired) electrons. The van der Waals surface area contributed by atoms with Crippen LogP contribution in [-0.4, -0.2) is 4.98 Å². The zero-order valence-corrected chi connectivity index (χ0v) is 17.1. The molecule has 0 aliphatic carbocycles. The van der Waals surface area contributed by atoms with Crippen molar-refractivity contribution in [3.63, 3.8) is 0 Å². The fraction of sp³-hybridized carbons (Fsp3) is 0. The van der Waals surface area contributed by atoms with Gasteiger partial charge < -0.3 is 5.32 Å². The number of nitrogens with one attached hydrogen (secondary N) is 1. The lowest BCUT2D eigenvalue weighted by atomic mass is 9.98. The second-order valence-corrected chi connectivity index (χ2v) is 7.50. The number of hydrogen-bond donors (Lipinski definition) is 1. The van der Waals surface area contributed by atoms with E-state index in [4.69, 9.17) is 4.98 Å². The maximum Gasteiger partial charge on any atom is 0.149 e. The first kappa shape index (κ1) is 18.2. The number of nitrogens with zero attached hydrogens (tertiary/aromatic N) is 2. The van der Waals surface area contributed by atoms with Crippen molar-refractivity contribution in [2.24, 2.45) is 0 Å². The third kappa shape index (κ3) is 3.90. The summed E-state index contributed by atoms with van der Waals surface area (Å²) in [6.45, 7) is 0. The van der Waals surface area contributed by atoms with E-state index < -0.39 is 0 Å². The molecule has 134 valence electrons. The lowest BCUT2D eigenvalue weighted by Gasteiger charge is -2.14. The van der Waals surface area contributed by atoms with Crippen molar-refractivity contribution >= 4 is 34.1 Å². The van der Waals surface area contributed by atoms with Gasteiger partial charge in [-0.15, -0.1) is 0 Å². The van der Waals surface area contributed by atoms with Gasteiger partial charge in [-0.25, -0.2) is 4.98 Å². The molecule has 3 aromatic carbocycles. The predicted octanol–water partition coefficient (Wildman–Crippen LogP) is 6.64. The largest absolute Gasteiger partial charge is 0.339 e. The molecule has 4 aromatic rings. The zero-order chi connectivity index (χ0) is 19.3. The van der Waals surface area contributed by atoms with Crippen LogP contribution in [0.15, 0.2) is 91.0 Å². The van der Waals surface area contributed by atoms with E-state index in [9.17, 15) is 5.26 Å². The van der Waals surface area contributed by atoms with Gasteiger partial charge in [-0.3, -0.25) is 0 Å². The molecule has 0 amide bonds. The van der Waals surface area contributed by atoms with Crippen LogP contribution in [0.2, 0.25) is 0 Å². The summed E-state index contributed by atoms with van der Waals surface area (Å²) in [5.41, 5.74) is 5.12. The highest BCUT2D eigenvalue weighted by atomic mass is 127. The average Bonchev–Trinajstić information content (AvgIpc) is 2.76. The van der Waals surface area contributed by atoms with E-state index in [0.717, 1.165) is 31.6 Å². The van der Waals surface area contributed by atoms with Crippen LogP contribution < -0.4 is 5.32 Å². The summed E-state index contributed by atoms with van der Waals surface area (Å²) in [5, 5.41) is 13.2. The summed E-state index contributed by atoms with van der Waals surface area (Å²) in [6, 6.07) is 32.3. The van der Waals surface area contributed by atoms with E-state index in [1.54, 1.807) is 0 Å². The molecule has 0 aliphatic rings. The highest BCUT2D eigenvalue weighted by molar-refractivity contribution is 14.1. The second-order valence-electron chi connectivity index (χ2n) is 6.25. The van der Waals surface area contributed by atoms with Gasteiger partial charge in [0.2, 0.25) is 0 Å². The molecule has 4 heteroatoms. The normalized spacial score (nSPS) is 10.3. The number of pyridine rings is 1. The van der Waals surface area contributed by atoms with E-state index in [0.29, 0.717) is 11.4 Å². The number of benzene rings is 3. The first-order valence-electron chi connectivity index (χ1n) is 8.83. The lowest BCUT2D eigenvalue weighted by molar-refractivity contribution is 1.28. The Morgan fingerprint density at radius 2 is 1.39 bits per heavy atom. The van der Waals surface area contributed by atoms with Crippen molar-refractivity contribution in [3.05, 3.63) is 100 Å².